The molecule has 1 aromatic carbocycles. The van der Waals surface area contributed by atoms with Crippen molar-refractivity contribution in [2.24, 2.45) is 0 Å². The molecule has 5 nitrogen and oxygen atoms in total. The first-order valence-electron chi connectivity index (χ1n) is 6.18. The molecule has 0 spiro atoms. The van der Waals surface area contributed by atoms with Gasteiger partial charge in [-0.3, -0.25) is 0 Å². The smallest absolute Gasteiger partial charge is 0.146 e. The first-order chi connectivity index (χ1) is 9.66. The van der Waals surface area contributed by atoms with E-state index < -0.39 is 0 Å². The monoisotopic (exact) mass is 337 g/mol. The minimum Gasteiger partial charge on any atom is -0.497 e. The van der Waals surface area contributed by atoms with E-state index in [-0.39, 0.29) is 0 Å². The van der Waals surface area contributed by atoms with Gasteiger partial charge in [-0.25, -0.2) is 9.97 Å². The van der Waals surface area contributed by atoms with E-state index in [1.54, 1.807) is 14.2 Å². The van der Waals surface area contributed by atoms with Crippen molar-refractivity contribution in [3.63, 3.8) is 0 Å². The number of aromatic nitrogens is 2. The maximum absolute atomic E-state index is 5.35. The molecular formula is C14H16BrN3O2. The van der Waals surface area contributed by atoms with E-state index >= 15 is 0 Å². The highest BCUT2D eigenvalue weighted by Crippen LogP contribution is 2.31. The van der Waals surface area contributed by atoms with Gasteiger partial charge in [-0.15, -0.1) is 0 Å². The molecule has 0 unspecified atom stereocenters. The van der Waals surface area contributed by atoms with Crippen LogP contribution >= 0.6 is 15.9 Å². The van der Waals surface area contributed by atoms with Gasteiger partial charge in [0, 0.05) is 18.6 Å². The average Bonchev–Trinajstić information content (AvgIpc) is 2.47. The highest BCUT2D eigenvalue weighted by atomic mass is 79.9. The molecule has 0 atom stereocenters. The molecule has 6 heteroatoms. The Bertz CT molecular complexity index is 605. The Morgan fingerprint density at radius 2 is 1.95 bits per heavy atom. The maximum Gasteiger partial charge on any atom is 0.146 e. The number of hydrogen-bond acceptors (Lipinski definition) is 5. The van der Waals surface area contributed by atoms with Gasteiger partial charge < -0.3 is 14.8 Å². The summed E-state index contributed by atoms with van der Waals surface area (Å²) < 4.78 is 11.3. The predicted molar refractivity (Wildman–Crippen MR) is 81.9 cm³/mol. The van der Waals surface area contributed by atoms with Gasteiger partial charge in [0.1, 0.15) is 27.7 Å². The largest absolute Gasteiger partial charge is 0.497 e. The Kier molecular flexibility index (Phi) is 4.79. The van der Waals surface area contributed by atoms with Crippen molar-refractivity contribution < 1.29 is 9.47 Å². The minimum absolute atomic E-state index is 0.692. The van der Waals surface area contributed by atoms with E-state index in [0.29, 0.717) is 11.6 Å². The third kappa shape index (κ3) is 3.39. The predicted octanol–water partition coefficient (Wildman–Crippen LogP) is 3.56. The van der Waals surface area contributed by atoms with E-state index in [4.69, 9.17) is 9.47 Å². The van der Waals surface area contributed by atoms with Crippen molar-refractivity contribution >= 4 is 27.4 Å². The van der Waals surface area contributed by atoms with Crippen molar-refractivity contribution in [2.75, 3.05) is 19.5 Å². The molecule has 0 aliphatic heterocycles. The summed E-state index contributed by atoms with van der Waals surface area (Å²) in [6, 6.07) is 7.39. The number of halogens is 1. The molecule has 106 valence electrons. The van der Waals surface area contributed by atoms with Crippen LogP contribution in [-0.4, -0.2) is 24.2 Å². The maximum atomic E-state index is 5.35. The quantitative estimate of drug-likeness (QED) is 0.845. The summed E-state index contributed by atoms with van der Waals surface area (Å²) in [4.78, 5) is 8.70. The Morgan fingerprint density at radius 1 is 1.15 bits per heavy atom. The normalized spacial score (nSPS) is 10.2. The summed E-state index contributed by atoms with van der Waals surface area (Å²) in [5, 5.41) is 3.23. The lowest BCUT2D eigenvalue weighted by Gasteiger charge is -2.12. The molecule has 2 rings (SSSR count). The summed E-state index contributed by atoms with van der Waals surface area (Å²) in [7, 11) is 3.24. The lowest BCUT2D eigenvalue weighted by Crippen LogP contribution is -2.01. The summed E-state index contributed by atoms with van der Waals surface area (Å²) in [5.41, 5.74) is 0.820. The number of nitrogens with one attached hydrogen (secondary N) is 1. The fourth-order valence-electron chi connectivity index (χ4n) is 1.73. The molecule has 0 amide bonds. The molecule has 1 aromatic heterocycles. The number of hydrogen-bond donors (Lipinski definition) is 1. The zero-order valence-electron chi connectivity index (χ0n) is 11.6. The molecule has 0 fully saturated rings. The zero-order chi connectivity index (χ0) is 14.5. The van der Waals surface area contributed by atoms with E-state index in [1.165, 1.54) is 0 Å². The molecule has 0 radical (unpaired) electrons. The van der Waals surface area contributed by atoms with E-state index in [0.717, 1.165) is 28.3 Å². The SMILES string of the molecule is CCc1nc(Br)cc(Nc2ccc(OC)cc2OC)n1. The molecule has 0 aliphatic rings. The van der Waals surface area contributed by atoms with Crippen LogP contribution in [0.25, 0.3) is 0 Å². The average molecular weight is 338 g/mol. The van der Waals surface area contributed by atoms with Crippen molar-refractivity contribution in [3.05, 3.63) is 34.7 Å². The molecule has 0 saturated heterocycles. The number of rotatable bonds is 5. The molecule has 1 N–H and O–H groups in total. The molecule has 1 heterocycles. The first kappa shape index (κ1) is 14.6. The van der Waals surface area contributed by atoms with Crippen LogP contribution in [0.3, 0.4) is 0 Å². The Morgan fingerprint density at radius 3 is 2.60 bits per heavy atom. The fraction of sp³-hybridized carbons (Fsp3) is 0.286. The van der Waals surface area contributed by atoms with E-state index in [2.05, 4.69) is 31.2 Å². The molecule has 0 aliphatic carbocycles. The molecule has 2 aromatic rings. The highest BCUT2D eigenvalue weighted by molar-refractivity contribution is 9.10. The number of ether oxygens (including phenoxy) is 2. The van der Waals surface area contributed by atoms with Crippen molar-refractivity contribution in [3.8, 4) is 11.5 Å². The van der Waals surface area contributed by atoms with Crippen LogP contribution < -0.4 is 14.8 Å². The number of anilines is 2. The fourth-order valence-corrected chi connectivity index (χ4v) is 2.15. The summed E-state index contributed by atoms with van der Waals surface area (Å²) >= 11 is 3.38. The second-order valence-corrected chi connectivity index (χ2v) is 4.85. The van der Waals surface area contributed by atoms with Crippen molar-refractivity contribution in [1.29, 1.82) is 0 Å². The van der Waals surface area contributed by atoms with E-state index in [1.807, 2.05) is 31.2 Å². The van der Waals surface area contributed by atoms with Gasteiger partial charge in [-0.1, -0.05) is 6.92 Å². The van der Waals surface area contributed by atoms with Crippen molar-refractivity contribution in [1.82, 2.24) is 9.97 Å². The molecular weight excluding hydrogens is 322 g/mol. The van der Waals surface area contributed by atoms with Crippen LogP contribution in [0.4, 0.5) is 11.5 Å². The highest BCUT2D eigenvalue weighted by Gasteiger charge is 2.07. The standard InChI is InChI=1S/C14H16BrN3O2/c1-4-13-17-12(15)8-14(18-13)16-10-6-5-9(19-2)7-11(10)20-3/h5-8H,4H2,1-3H3,(H,16,17,18). The third-order valence-corrected chi connectivity index (χ3v) is 3.14. The van der Waals surface area contributed by atoms with Crippen LogP contribution in [0, 0.1) is 0 Å². The summed E-state index contributed by atoms with van der Waals surface area (Å²) in [6.45, 7) is 2.01. The van der Waals surface area contributed by atoms with Gasteiger partial charge in [-0.05, 0) is 28.1 Å². The second kappa shape index (κ2) is 6.56. The molecule has 0 saturated carbocycles. The molecule has 20 heavy (non-hydrogen) atoms. The van der Waals surface area contributed by atoms with Crippen LogP contribution in [0.1, 0.15) is 12.7 Å². The van der Waals surface area contributed by atoms with Gasteiger partial charge >= 0.3 is 0 Å². The minimum atomic E-state index is 0.692. The van der Waals surface area contributed by atoms with Gasteiger partial charge in [0.15, 0.2) is 0 Å². The number of benzene rings is 1. The Balaban J connectivity index is 2.31. The van der Waals surface area contributed by atoms with Gasteiger partial charge in [0.05, 0.1) is 19.9 Å². The molecule has 0 bridgehead atoms. The third-order valence-electron chi connectivity index (χ3n) is 2.73. The van der Waals surface area contributed by atoms with Gasteiger partial charge in [-0.2, -0.15) is 0 Å². The first-order valence-corrected chi connectivity index (χ1v) is 6.98. The number of nitrogens with zero attached hydrogens (tertiary/aromatic N) is 2. The number of methoxy groups -OCH3 is 2. The zero-order valence-corrected chi connectivity index (χ0v) is 13.2. The van der Waals surface area contributed by atoms with Crippen molar-refractivity contribution in [2.45, 2.75) is 13.3 Å². The topological polar surface area (TPSA) is 56.3 Å². The summed E-state index contributed by atoms with van der Waals surface area (Å²) in [6.07, 6.45) is 0.772. The Hall–Kier alpha value is -1.82. The summed E-state index contributed by atoms with van der Waals surface area (Å²) in [5.74, 6) is 2.92. The van der Waals surface area contributed by atoms with Gasteiger partial charge in [0.2, 0.25) is 0 Å². The van der Waals surface area contributed by atoms with Crippen LogP contribution in [0.2, 0.25) is 0 Å². The van der Waals surface area contributed by atoms with Crippen LogP contribution in [0.15, 0.2) is 28.9 Å². The lowest BCUT2D eigenvalue weighted by atomic mass is 10.2. The van der Waals surface area contributed by atoms with Crippen LogP contribution in [0.5, 0.6) is 11.5 Å². The lowest BCUT2D eigenvalue weighted by molar-refractivity contribution is 0.395. The van der Waals surface area contributed by atoms with Crippen LogP contribution in [-0.2, 0) is 6.42 Å². The second-order valence-electron chi connectivity index (χ2n) is 4.04. The number of aryl methyl sites for hydroxylation is 1. The van der Waals surface area contributed by atoms with E-state index in [9.17, 15) is 0 Å². The Labute approximate surface area is 126 Å². The van der Waals surface area contributed by atoms with Gasteiger partial charge in [0.25, 0.3) is 0 Å².